The van der Waals surface area contributed by atoms with E-state index in [9.17, 15) is 0 Å². The van der Waals surface area contributed by atoms with Crippen LogP contribution in [-0.2, 0) is 85.3 Å². The van der Waals surface area contributed by atoms with Crippen LogP contribution in [0.3, 0.4) is 0 Å². The molecule has 20 rings (SSSR count). The van der Waals surface area contributed by atoms with E-state index in [2.05, 4.69) is 82.2 Å². The zero-order chi connectivity index (χ0) is 98.0. The number of hydrogen-bond donors (Lipinski definition) is 0. The topological polar surface area (TPSA) is 166 Å². The van der Waals surface area contributed by atoms with Crippen LogP contribution in [0.25, 0.3) is 0 Å². The molecule has 0 spiro atoms. The minimum absolute atomic E-state index is 0.368. The normalized spacial score (nSPS) is 36.9. The van der Waals surface area contributed by atoms with Crippen LogP contribution < -0.4 is 0 Å². The molecule has 0 heterocycles. The third-order valence-electron chi connectivity index (χ3n) is 38.7. The first kappa shape index (κ1) is 118. The van der Waals surface area contributed by atoms with Crippen molar-refractivity contribution in [3.05, 3.63) is 11.6 Å². The van der Waals surface area contributed by atoms with Crippen molar-refractivity contribution in [2.45, 2.75) is 447 Å². The molecule has 16 unspecified atom stereocenters. The van der Waals surface area contributed by atoms with Crippen molar-refractivity contribution in [2.75, 3.05) is 145 Å². The highest BCUT2D eigenvalue weighted by molar-refractivity contribution is 5.26. The van der Waals surface area contributed by atoms with Crippen LogP contribution in [0.5, 0.6) is 0 Å². The largest absolute Gasteiger partial charge is 0.359 e. The Kier molecular flexibility index (Phi) is 54.3. The number of ether oxygens (including phenoxy) is 18. The molecule has 0 amide bonds. The number of hydrogen-bond acceptors (Lipinski definition) is 18. The van der Waals surface area contributed by atoms with Gasteiger partial charge in [-0.05, 0) is 376 Å². The van der Waals surface area contributed by atoms with E-state index in [4.69, 9.17) is 85.3 Å². The van der Waals surface area contributed by atoms with E-state index in [-0.39, 0.29) is 0 Å². The molecule has 137 heavy (non-hydrogen) atoms. The van der Waals surface area contributed by atoms with Crippen LogP contribution in [0.1, 0.15) is 410 Å². The molecule has 0 N–H and O–H groups in total. The van der Waals surface area contributed by atoms with Gasteiger partial charge >= 0.3 is 0 Å². The molecule has 0 aromatic carbocycles. The van der Waals surface area contributed by atoms with Crippen molar-refractivity contribution < 1.29 is 85.3 Å². The third-order valence-corrected chi connectivity index (χ3v) is 38.7. The van der Waals surface area contributed by atoms with Gasteiger partial charge in [0.2, 0.25) is 0 Å². The zero-order valence-electron chi connectivity index (χ0n) is 92.4. The van der Waals surface area contributed by atoms with Gasteiger partial charge in [-0.15, -0.1) is 0 Å². The lowest BCUT2D eigenvalue weighted by Crippen LogP contribution is -2.51. The van der Waals surface area contributed by atoms with Gasteiger partial charge < -0.3 is 85.3 Å². The number of fused-ring (bicyclic) bond motifs is 7. The van der Waals surface area contributed by atoms with Crippen molar-refractivity contribution in [1.29, 1.82) is 0 Å². The monoisotopic (exact) mass is 1940 g/mol. The maximum atomic E-state index is 5.97. The molecule has 0 radical (unpaired) electrons. The van der Waals surface area contributed by atoms with Gasteiger partial charge in [0.15, 0.2) is 0 Å². The molecule has 19 fully saturated rings. The van der Waals surface area contributed by atoms with Crippen molar-refractivity contribution >= 4 is 0 Å². The lowest BCUT2D eigenvalue weighted by molar-refractivity contribution is -0.168. The molecule has 18 heteroatoms. The van der Waals surface area contributed by atoms with Crippen LogP contribution in [0.15, 0.2) is 11.6 Å². The summed E-state index contributed by atoms with van der Waals surface area (Å²) < 4.78 is 95.4. The molecule has 18 nitrogen and oxygen atoms in total. The summed E-state index contributed by atoms with van der Waals surface area (Å²) in [7, 11) is 15.3. The van der Waals surface area contributed by atoms with Crippen molar-refractivity contribution in [1.82, 2.24) is 0 Å². The molecule has 802 valence electrons. The summed E-state index contributed by atoms with van der Waals surface area (Å²) in [6, 6.07) is 0. The van der Waals surface area contributed by atoms with Gasteiger partial charge in [-0.3, -0.25) is 0 Å². The molecule has 19 saturated carbocycles. The molecule has 0 aromatic heterocycles. The fourth-order valence-electron chi connectivity index (χ4n) is 32.3. The molecule has 0 aromatic rings. The van der Waals surface area contributed by atoms with Gasteiger partial charge in [-0.1, -0.05) is 203 Å². The summed E-state index contributed by atoms with van der Waals surface area (Å²) in [5.41, 5.74) is 3.76. The minimum atomic E-state index is 0.368. The fourth-order valence-corrected chi connectivity index (χ4v) is 32.3. The molecule has 10 bridgehead atoms. The highest BCUT2D eigenvalue weighted by atomic mass is 16.7. The Morgan fingerprint density at radius 1 is 0.380 bits per heavy atom. The van der Waals surface area contributed by atoms with Gasteiger partial charge in [0.1, 0.15) is 61.1 Å². The van der Waals surface area contributed by atoms with E-state index in [1.54, 1.807) is 69.6 Å². The quantitative estimate of drug-likeness (QED) is 0.0327. The first-order chi connectivity index (χ1) is 66.3. The summed E-state index contributed by atoms with van der Waals surface area (Å²) in [6.45, 7) is 33.5. The SMILES string of the molecule is COCOC1C2CC3CC(C2)CC1C3.COCOC1CC(C)CCC1C(C)C.COCOC1CCC(C(C)(C)C)CC1.COCOC1CCC2(C)C(=CCC3C2CCC2(C)C(C(C)CCCC(C)C)CCC32)C1.COCOC1CCCCC1.COCOC1CCCCC1C1CCCCC1.COCOCC12CC3CC(CC(C3)C1)C2.COCOCC1CC2CCC1C2.COCOCC1CCCCC1. The van der Waals surface area contributed by atoms with Crippen molar-refractivity contribution in [3.8, 4) is 0 Å². The van der Waals surface area contributed by atoms with E-state index in [0.29, 0.717) is 119 Å². The lowest BCUT2D eigenvalue weighted by atomic mass is 9.47. The second-order valence-electron chi connectivity index (χ2n) is 50.5. The average Bonchev–Trinajstić information content (AvgIpc) is 1.67. The van der Waals surface area contributed by atoms with Crippen LogP contribution in [0.2, 0.25) is 0 Å². The molecule has 20 aliphatic carbocycles. The van der Waals surface area contributed by atoms with Gasteiger partial charge in [-0.25, -0.2) is 0 Å². The standard InChI is InChI=1S/C29H50O2.C14H26O2.C13H22O2.C12H20O2.2C12H24O2.C10H18O2.C9H18O2.C8H16O2/c1-20(2)8-7-9-21(3)25-12-13-26-24-11-10-22-18-23(31-19-30-6)14-16-28(22,4)27(24)15-17-29(25,26)5;1-15-11-16-14-10-6-5-9-13(14)12-7-3-2-4-8-12;1-14-9-15-8-13-5-10-2-11(6-13)4-12(3-10)7-13;1-13-7-14-12-10-3-8-2-9(5-10)6-11(12)4-8;1-12(2,3)10-5-7-11(8-6-10)14-9-13-4;1-9(2)11-6-5-10(3)7-12(11)14-8-13-4;1-11-7-12-6-10-5-8-2-3-9(10)4-8;1-10-8-11-7-9-5-3-2-4-6-9;1-9-7-10-8-5-3-2-4-6-8/h10,20-21,23-27H,7-9,11-19H2,1-6H3;12-14H,2-11H2,1H3;10-12H,2-9H2,1H3;8-12H,2-7H2,1H3;10-11H,5-9H2,1-4H3;9-12H,5-8H2,1-4H3;8-10H,2-7H2,1H3;9H,2-8H2,1H3;8H,2-7H2,1H3. The average molecular weight is 1940 g/mol. The highest BCUT2D eigenvalue weighted by Crippen LogP contribution is 2.68. The summed E-state index contributed by atoms with van der Waals surface area (Å²) in [6.07, 6.45) is 77.4. The Morgan fingerprint density at radius 3 is 1.45 bits per heavy atom. The Labute approximate surface area is 841 Å². The van der Waals surface area contributed by atoms with Crippen LogP contribution >= 0.6 is 0 Å². The maximum absolute atomic E-state index is 5.97. The zero-order valence-corrected chi connectivity index (χ0v) is 92.4. The fraction of sp³-hybridized carbons (Fsp3) is 0.983. The highest BCUT2D eigenvalue weighted by Gasteiger charge is 2.60. The second kappa shape index (κ2) is 63.1. The van der Waals surface area contributed by atoms with E-state index in [1.165, 1.54) is 327 Å². The van der Waals surface area contributed by atoms with Crippen LogP contribution in [-0.4, -0.2) is 182 Å². The first-order valence-electron chi connectivity index (χ1n) is 57.8. The van der Waals surface area contributed by atoms with Crippen molar-refractivity contribution in [2.24, 2.45) is 158 Å². The van der Waals surface area contributed by atoms with E-state index >= 15 is 0 Å². The third kappa shape index (κ3) is 37.9. The summed E-state index contributed by atoms with van der Waals surface area (Å²) in [5.74, 6) is 21.0. The maximum Gasteiger partial charge on any atom is 0.146 e. The van der Waals surface area contributed by atoms with Crippen LogP contribution in [0, 0.1) is 158 Å². The molecular weight excluding hydrogens is 1720 g/mol. The summed E-state index contributed by atoms with van der Waals surface area (Å²) in [4.78, 5) is 0. The molecular formula is C119H218O18. The summed E-state index contributed by atoms with van der Waals surface area (Å²) >= 11 is 0. The number of allylic oxidation sites excluding steroid dienone is 1. The molecule has 20 aliphatic rings. The van der Waals surface area contributed by atoms with E-state index in [0.717, 1.165) is 162 Å². The van der Waals surface area contributed by atoms with Gasteiger partial charge in [0.05, 0.1) is 56.4 Å². The smallest absolute Gasteiger partial charge is 0.146 e. The summed E-state index contributed by atoms with van der Waals surface area (Å²) in [5, 5.41) is 0. The Bertz CT molecular complexity index is 3040. The Hall–Kier alpha value is -0.980. The Balaban J connectivity index is 0.000000163. The van der Waals surface area contributed by atoms with Gasteiger partial charge in [0.25, 0.3) is 0 Å². The Morgan fingerprint density at radius 2 is 0.891 bits per heavy atom. The predicted octanol–water partition coefficient (Wildman–Crippen LogP) is 29.5. The second-order valence-corrected chi connectivity index (χ2v) is 50.5. The number of methoxy groups -OCH3 is 9. The molecule has 0 saturated heterocycles. The first-order valence-corrected chi connectivity index (χ1v) is 57.8. The van der Waals surface area contributed by atoms with Gasteiger partial charge in [-0.2, -0.15) is 0 Å². The lowest BCUT2D eigenvalue weighted by Gasteiger charge is -2.58. The molecule has 0 aliphatic heterocycles. The molecule has 16 atom stereocenters. The minimum Gasteiger partial charge on any atom is -0.359 e. The van der Waals surface area contributed by atoms with Crippen LogP contribution in [0.4, 0.5) is 0 Å². The van der Waals surface area contributed by atoms with E-state index < -0.39 is 0 Å². The predicted molar refractivity (Wildman–Crippen MR) is 555 cm³/mol. The number of rotatable bonds is 37. The van der Waals surface area contributed by atoms with Gasteiger partial charge in [0, 0.05) is 64.0 Å². The van der Waals surface area contributed by atoms with Crippen molar-refractivity contribution in [3.63, 3.8) is 0 Å². The van der Waals surface area contributed by atoms with E-state index in [1.807, 2.05) is 0 Å².